The first-order chi connectivity index (χ1) is 13.1. The van der Waals surface area contributed by atoms with Crippen molar-refractivity contribution in [3.8, 4) is 0 Å². The predicted molar refractivity (Wildman–Crippen MR) is 105 cm³/mol. The van der Waals surface area contributed by atoms with Crippen molar-refractivity contribution in [2.24, 2.45) is 16.6 Å². The minimum absolute atomic E-state index is 0.00885. The number of carbonyl (C=O) groups excluding carboxylic acids is 3. The second-order valence-corrected chi connectivity index (χ2v) is 6.93. The van der Waals surface area contributed by atoms with Crippen molar-refractivity contribution in [2.75, 3.05) is 13.1 Å². The Hall–Kier alpha value is -2.72. The fourth-order valence-corrected chi connectivity index (χ4v) is 2.26. The molecule has 0 aromatic carbocycles. The monoisotopic (exact) mass is 400 g/mol. The van der Waals surface area contributed by atoms with Crippen LogP contribution in [0.3, 0.4) is 0 Å². The van der Waals surface area contributed by atoms with E-state index in [2.05, 4.69) is 15.6 Å². The Labute approximate surface area is 165 Å². The zero-order valence-corrected chi connectivity index (χ0v) is 16.8. The molecule has 0 saturated carbocycles. The summed E-state index contributed by atoms with van der Waals surface area (Å²) in [5.74, 6) is -0.471. The Bertz CT molecular complexity index is 564. The SMILES string of the molecule is CC(=O)CCCC(=O)N[C@@H](CCCN=C(N)N[N+](=O)[O-])C(=O)NCCC(C)C. The number of Topliss-reactive ketones (excluding diaryl/α,β-unsaturated/α-hetero) is 1. The number of rotatable bonds is 14. The van der Waals surface area contributed by atoms with Gasteiger partial charge in [-0.2, -0.15) is 0 Å². The van der Waals surface area contributed by atoms with Crippen molar-refractivity contribution in [1.29, 1.82) is 0 Å². The number of aliphatic imine (C=N–C) groups is 1. The van der Waals surface area contributed by atoms with Crippen LogP contribution in [0, 0.1) is 16.0 Å². The van der Waals surface area contributed by atoms with Gasteiger partial charge in [0.05, 0.1) is 0 Å². The van der Waals surface area contributed by atoms with Crippen LogP contribution in [0.25, 0.3) is 0 Å². The molecule has 0 aliphatic heterocycles. The topological polar surface area (TPSA) is 169 Å². The Kier molecular flexibility index (Phi) is 13.0. The Morgan fingerprint density at radius 1 is 1.14 bits per heavy atom. The number of hydrogen-bond acceptors (Lipinski definition) is 6. The lowest BCUT2D eigenvalue weighted by Crippen LogP contribution is -2.47. The van der Waals surface area contributed by atoms with E-state index in [9.17, 15) is 24.5 Å². The second-order valence-electron chi connectivity index (χ2n) is 6.93. The number of carbonyl (C=O) groups is 3. The number of hydrazine groups is 1. The lowest BCUT2D eigenvalue weighted by atomic mass is 10.1. The molecule has 0 radical (unpaired) electrons. The third-order valence-corrected chi connectivity index (χ3v) is 3.74. The van der Waals surface area contributed by atoms with Gasteiger partial charge in [0, 0.05) is 25.9 Å². The summed E-state index contributed by atoms with van der Waals surface area (Å²) in [5.41, 5.74) is 7.06. The third-order valence-electron chi connectivity index (χ3n) is 3.74. The first-order valence-electron chi connectivity index (χ1n) is 9.39. The van der Waals surface area contributed by atoms with Crippen LogP contribution in [-0.4, -0.2) is 47.7 Å². The molecule has 0 aliphatic carbocycles. The molecular weight excluding hydrogens is 368 g/mol. The highest BCUT2D eigenvalue weighted by atomic mass is 16.7. The maximum Gasteiger partial charge on any atom is 0.251 e. The summed E-state index contributed by atoms with van der Waals surface area (Å²) in [4.78, 5) is 49.4. The summed E-state index contributed by atoms with van der Waals surface area (Å²) in [6, 6.07) is -0.739. The maximum absolute atomic E-state index is 12.4. The van der Waals surface area contributed by atoms with Gasteiger partial charge in [0.15, 0.2) is 5.03 Å². The Morgan fingerprint density at radius 3 is 2.39 bits per heavy atom. The number of nitrogens with zero attached hydrogens (tertiary/aromatic N) is 2. The Morgan fingerprint density at radius 2 is 1.82 bits per heavy atom. The van der Waals surface area contributed by atoms with Gasteiger partial charge in [-0.05, 0) is 38.5 Å². The van der Waals surface area contributed by atoms with Crippen molar-refractivity contribution >= 4 is 23.6 Å². The molecule has 0 aromatic rings. The zero-order chi connectivity index (χ0) is 21.5. The number of ketones is 1. The number of nitrogens with two attached hydrogens (primary N) is 1. The van der Waals surface area contributed by atoms with E-state index in [1.54, 1.807) is 5.43 Å². The molecule has 2 amide bonds. The summed E-state index contributed by atoms with van der Waals surface area (Å²) >= 11 is 0. The first-order valence-corrected chi connectivity index (χ1v) is 9.39. The average Bonchev–Trinajstić information content (AvgIpc) is 2.56. The number of nitrogens with one attached hydrogen (secondary N) is 3. The molecule has 0 spiro atoms. The molecule has 28 heavy (non-hydrogen) atoms. The quantitative estimate of drug-likeness (QED) is 0.107. The van der Waals surface area contributed by atoms with Crippen molar-refractivity contribution in [1.82, 2.24) is 16.1 Å². The molecule has 5 N–H and O–H groups in total. The van der Waals surface area contributed by atoms with Crippen LogP contribution in [0.2, 0.25) is 0 Å². The van der Waals surface area contributed by atoms with Gasteiger partial charge in [0.25, 0.3) is 5.96 Å². The van der Waals surface area contributed by atoms with Gasteiger partial charge < -0.3 is 21.2 Å². The number of amides is 2. The lowest BCUT2D eigenvalue weighted by Gasteiger charge is -2.18. The van der Waals surface area contributed by atoms with Gasteiger partial charge in [-0.15, -0.1) is 0 Å². The molecule has 0 fully saturated rings. The molecule has 0 heterocycles. The lowest BCUT2D eigenvalue weighted by molar-refractivity contribution is -0.525. The highest BCUT2D eigenvalue weighted by Crippen LogP contribution is 2.03. The van der Waals surface area contributed by atoms with E-state index in [1.807, 2.05) is 13.8 Å². The van der Waals surface area contributed by atoms with Crippen LogP contribution >= 0.6 is 0 Å². The van der Waals surface area contributed by atoms with E-state index in [4.69, 9.17) is 5.73 Å². The molecule has 0 aromatic heterocycles. The normalized spacial score (nSPS) is 12.4. The molecule has 11 nitrogen and oxygen atoms in total. The van der Waals surface area contributed by atoms with E-state index < -0.39 is 11.1 Å². The first kappa shape index (κ1) is 25.3. The van der Waals surface area contributed by atoms with Crippen LogP contribution in [0.5, 0.6) is 0 Å². The highest BCUT2D eigenvalue weighted by molar-refractivity contribution is 5.87. The van der Waals surface area contributed by atoms with Crippen molar-refractivity contribution < 1.29 is 19.4 Å². The number of nitro groups is 1. The predicted octanol–water partition coefficient (Wildman–Crippen LogP) is 0.269. The average molecular weight is 400 g/mol. The molecule has 0 saturated heterocycles. The smallest absolute Gasteiger partial charge is 0.251 e. The highest BCUT2D eigenvalue weighted by Gasteiger charge is 2.20. The maximum atomic E-state index is 12.4. The summed E-state index contributed by atoms with van der Waals surface area (Å²) in [5, 5.41) is 14.9. The van der Waals surface area contributed by atoms with Crippen LogP contribution in [0.1, 0.15) is 59.3 Å². The van der Waals surface area contributed by atoms with Gasteiger partial charge in [0.1, 0.15) is 11.8 Å². The zero-order valence-electron chi connectivity index (χ0n) is 16.8. The Balaban J connectivity index is 4.61. The molecule has 0 aliphatic rings. The number of hydrogen-bond donors (Lipinski definition) is 4. The summed E-state index contributed by atoms with van der Waals surface area (Å²) in [6.07, 6.45) is 2.43. The van der Waals surface area contributed by atoms with Gasteiger partial charge >= 0.3 is 0 Å². The van der Waals surface area contributed by atoms with Crippen LogP contribution in [-0.2, 0) is 14.4 Å². The van der Waals surface area contributed by atoms with E-state index in [0.717, 1.165) is 6.42 Å². The number of guanidine groups is 1. The molecule has 0 unspecified atom stereocenters. The third kappa shape index (κ3) is 14.4. The molecule has 1 atom stereocenters. The largest absolute Gasteiger partial charge is 0.365 e. The van der Waals surface area contributed by atoms with E-state index in [0.29, 0.717) is 38.1 Å². The van der Waals surface area contributed by atoms with Crippen molar-refractivity contribution in [2.45, 2.75) is 65.3 Å². The minimum atomic E-state index is -0.814. The summed E-state index contributed by atoms with van der Waals surface area (Å²) < 4.78 is 0. The van der Waals surface area contributed by atoms with Gasteiger partial charge in [-0.3, -0.25) is 9.59 Å². The second kappa shape index (κ2) is 14.4. The van der Waals surface area contributed by atoms with Gasteiger partial charge in [-0.1, -0.05) is 19.3 Å². The van der Waals surface area contributed by atoms with Crippen LogP contribution < -0.4 is 21.8 Å². The minimum Gasteiger partial charge on any atom is -0.365 e. The van der Waals surface area contributed by atoms with Gasteiger partial charge in [0.2, 0.25) is 11.8 Å². The molecular formula is C17H32N6O5. The molecule has 160 valence electrons. The molecule has 0 rings (SSSR count). The standard InChI is InChI=1S/C17H32N6O5/c1-12(2)9-11-19-16(26)14(21-15(25)8-4-6-13(3)24)7-5-10-20-17(18)22-23(27)28/h12,14H,4-11H2,1-3H3,(H,19,26)(H,21,25)(H3,18,20,22)/t14-/m0/s1. The van der Waals surface area contributed by atoms with Crippen LogP contribution in [0.4, 0.5) is 0 Å². The van der Waals surface area contributed by atoms with Crippen molar-refractivity contribution in [3.05, 3.63) is 10.1 Å². The fraction of sp³-hybridized carbons (Fsp3) is 0.765. The summed E-state index contributed by atoms with van der Waals surface area (Å²) in [7, 11) is 0. The van der Waals surface area contributed by atoms with Crippen LogP contribution in [0.15, 0.2) is 4.99 Å². The van der Waals surface area contributed by atoms with E-state index in [1.165, 1.54) is 6.92 Å². The summed E-state index contributed by atoms with van der Waals surface area (Å²) in [6.45, 7) is 6.22. The molecule has 11 heteroatoms. The van der Waals surface area contributed by atoms with E-state index in [-0.39, 0.29) is 36.5 Å². The van der Waals surface area contributed by atoms with E-state index >= 15 is 0 Å². The fourth-order valence-electron chi connectivity index (χ4n) is 2.26. The molecule has 0 bridgehead atoms. The van der Waals surface area contributed by atoms with Gasteiger partial charge in [-0.25, -0.2) is 15.1 Å². The van der Waals surface area contributed by atoms with Crippen molar-refractivity contribution in [3.63, 3.8) is 0 Å².